The van der Waals surface area contributed by atoms with Crippen LogP contribution in [-0.2, 0) is 14.3 Å². The van der Waals surface area contributed by atoms with Gasteiger partial charge in [-0.1, -0.05) is 0 Å². The van der Waals surface area contributed by atoms with E-state index in [0.717, 1.165) is 7.11 Å². The minimum atomic E-state index is -0.746. The molecule has 2 N–H and O–H groups in total. The van der Waals surface area contributed by atoms with Crippen LogP contribution in [-0.4, -0.2) is 60.4 Å². The van der Waals surface area contributed by atoms with Gasteiger partial charge in [0.2, 0.25) is 6.79 Å². The highest BCUT2D eigenvalue weighted by Crippen LogP contribution is 2.41. The van der Waals surface area contributed by atoms with Gasteiger partial charge in [0.25, 0.3) is 11.6 Å². The molecule has 3 rings (SSSR count). The number of carbonyl (C=O) groups is 2. The Morgan fingerprint density at radius 2 is 2.12 bits per heavy atom. The monoisotopic (exact) mass is 365 g/mol. The summed E-state index contributed by atoms with van der Waals surface area (Å²) in [5, 5.41) is 23.1. The van der Waals surface area contributed by atoms with Crippen LogP contribution in [0.25, 0.3) is 0 Å². The number of fused-ring (bicyclic) bond motifs is 1. The van der Waals surface area contributed by atoms with E-state index in [1.807, 2.05) is 0 Å². The molecule has 0 aliphatic carbocycles. The SMILES string of the molecule is COC(=O)C1=C(Nc2cc3c(cc2[N+](=O)[O-])OCO3)C(=O)N(CCO)C1. The number of nitrogens with zero attached hydrogens (tertiary/aromatic N) is 2. The average molecular weight is 365 g/mol. The largest absolute Gasteiger partial charge is 0.466 e. The molecule has 2 aliphatic heterocycles. The molecule has 26 heavy (non-hydrogen) atoms. The number of nitrogens with one attached hydrogen (secondary N) is 1. The fraction of sp³-hybridized carbons (Fsp3) is 0.333. The number of hydrogen-bond acceptors (Lipinski definition) is 9. The third kappa shape index (κ3) is 2.99. The van der Waals surface area contributed by atoms with Gasteiger partial charge in [0.15, 0.2) is 11.5 Å². The van der Waals surface area contributed by atoms with Gasteiger partial charge in [0.1, 0.15) is 11.4 Å². The highest BCUT2D eigenvalue weighted by Gasteiger charge is 2.36. The molecule has 0 saturated carbocycles. The summed E-state index contributed by atoms with van der Waals surface area (Å²) in [6.45, 7) is -0.437. The molecule has 138 valence electrons. The second-order valence-electron chi connectivity index (χ2n) is 5.40. The van der Waals surface area contributed by atoms with E-state index in [-0.39, 0.29) is 60.6 Å². The van der Waals surface area contributed by atoms with Gasteiger partial charge in [-0.05, 0) is 0 Å². The van der Waals surface area contributed by atoms with Crippen LogP contribution in [0.3, 0.4) is 0 Å². The summed E-state index contributed by atoms with van der Waals surface area (Å²) >= 11 is 0. The van der Waals surface area contributed by atoms with Gasteiger partial charge in [0, 0.05) is 12.6 Å². The smallest absolute Gasteiger partial charge is 0.337 e. The molecule has 1 aromatic rings. The first kappa shape index (κ1) is 17.5. The maximum atomic E-state index is 12.5. The first-order valence-electron chi connectivity index (χ1n) is 7.53. The number of esters is 1. The number of β-amino-alcohol motifs (C(OH)–C–C–N with tert-alkyl or cyclic N) is 1. The van der Waals surface area contributed by atoms with Gasteiger partial charge in [-0.3, -0.25) is 14.9 Å². The third-order valence-electron chi connectivity index (χ3n) is 3.90. The zero-order valence-electron chi connectivity index (χ0n) is 13.7. The summed E-state index contributed by atoms with van der Waals surface area (Å²) in [5.74, 6) is -0.837. The van der Waals surface area contributed by atoms with Gasteiger partial charge in [-0.15, -0.1) is 0 Å². The third-order valence-corrected chi connectivity index (χ3v) is 3.90. The van der Waals surface area contributed by atoms with Crippen molar-refractivity contribution in [2.75, 3.05) is 38.9 Å². The molecule has 0 atom stereocenters. The Morgan fingerprint density at radius 3 is 2.73 bits per heavy atom. The fourth-order valence-corrected chi connectivity index (χ4v) is 2.67. The zero-order chi connectivity index (χ0) is 18.8. The molecule has 0 radical (unpaired) electrons. The lowest BCUT2D eigenvalue weighted by Gasteiger charge is -2.15. The Balaban J connectivity index is 2.01. The summed E-state index contributed by atoms with van der Waals surface area (Å²) in [6.07, 6.45) is 0. The summed E-state index contributed by atoms with van der Waals surface area (Å²) in [7, 11) is 1.16. The van der Waals surface area contributed by atoms with Crippen molar-refractivity contribution in [3.63, 3.8) is 0 Å². The molecule has 11 nitrogen and oxygen atoms in total. The number of hydrogen-bond donors (Lipinski definition) is 2. The molecule has 0 unspecified atom stereocenters. The van der Waals surface area contributed by atoms with Crippen LogP contribution in [0.4, 0.5) is 11.4 Å². The standard InChI is InChI=1S/C15H15N3O8/c1-24-15(21)8-6-17(2-3-19)14(20)13(8)16-9-4-11-12(26-7-25-11)5-10(9)18(22)23/h4-5,16,19H,2-3,6-7H2,1H3. The minimum Gasteiger partial charge on any atom is -0.466 e. The lowest BCUT2D eigenvalue weighted by molar-refractivity contribution is -0.384. The van der Waals surface area contributed by atoms with Crippen molar-refractivity contribution in [2.45, 2.75) is 0 Å². The van der Waals surface area contributed by atoms with Crippen LogP contribution >= 0.6 is 0 Å². The van der Waals surface area contributed by atoms with Gasteiger partial charge < -0.3 is 29.5 Å². The molecule has 0 saturated heterocycles. The minimum absolute atomic E-state index is 0.00768. The molecule has 2 aliphatic rings. The van der Waals surface area contributed by atoms with E-state index < -0.39 is 16.8 Å². The fourth-order valence-electron chi connectivity index (χ4n) is 2.67. The quantitative estimate of drug-likeness (QED) is 0.405. The predicted molar refractivity (Wildman–Crippen MR) is 85.5 cm³/mol. The number of benzene rings is 1. The number of aliphatic hydroxyl groups excluding tert-OH is 1. The number of amides is 1. The molecular weight excluding hydrogens is 350 g/mol. The van der Waals surface area contributed by atoms with Crippen LogP contribution in [0.15, 0.2) is 23.4 Å². The first-order chi connectivity index (χ1) is 12.5. The highest BCUT2D eigenvalue weighted by atomic mass is 16.7. The first-order valence-corrected chi connectivity index (χ1v) is 7.53. The van der Waals surface area contributed by atoms with Crippen LogP contribution < -0.4 is 14.8 Å². The van der Waals surface area contributed by atoms with E-state index >= 15 is 0 Å². The van der Waals surface area contributed by atoms with E-state index in [4.69, 9.17) is 14.6 Å². The van der Waals surface area contributed by atoms with Crippen molar-refractivity contribution < 1.29 is 33.8 Å². The Morgan fingerprint density at radius 1 is 1.42 bits per heavy atom. The number of methoxy groups -OCH3 is 1. The number of carbonyl (C=O) groups excluding carboxylic acids is 2. The van der Waals surface area contributed by atoms with Gasteiger partial charge in [-0.2, -0.15) is 0 Å². The predicted octanol–water partition coefficient (Wildman–Crippen LogP) is -0.00300. The molecule has 0 spiro atoms. The lowest BCUT2D eigenvalue weighted by atomic mass is 10.2. The molecule has 1 amide bonds. The highest BCUT2D eigenvalue weighted by molar-refractivity contribution is 6.08. The van der Waals surface area contributed by atoms with Crippen LogP contribution in [0.1, 0.15) is 0 Å². The van der Waals surface area contributed by atoms with Crippen molar-refractivity contribution in [1.29, 1.82) is 0 Å². The Bertz CT molecular complexity index is 819. The Labute approximate surface area is 146 Å². The van der Waals surface area contributed by atoms with E-state index in [1.54, 1.807) is 0 Å². The van der Waals surface area contributed by atoms with E-state index in [9.17, 15) is 19.7 Å². The summed E-state index contributed by atoms with van der Waals surface area (Å²) in [5.41, 5.74) is -0.514. The van der Waals surface area contributed by atoms with Crippen molar-refractivity contribution in [1.82, 2.24) is 4.90 Å². The summed E-state index contributed by atoms with van der Waals surface area (Å²) in [4.78, 5) is 36.4. The van der Waals surface area contributed by atoms with Gasteiger partial charge in [0.05, 0.1) is 36.8 Å². The van der Waals surface area contributed by atoms with Crippen molar-refractivity contribution in [3.8, 4) is 11.5 Å². The summed E-state index contributed by atoms with van der Waals surface area (Å²) < 4.78 is 15.0. The van der Waals surface area contributed by atoms with Gasteiger partial charge in [-0.25, -0.2) is 4.79 Å². The maximum Gasteiger partial charge on any atom is 0.337 e. The number of nitro groups is 1. The molecule has 11 heteroatoms. The molecule has 0 bridgehead atoms. The topological polar surface area (TPSA) is 140 Å². The van der Waals surface area contributed by atoms with Crippen LogP contribution in [0, 0.1) is 10.1 Å². The number of aliphatic hydroxyl groups is 1. The van der Waals surface area contributed by atoms with Gasteiger partial charge >= 0.3 is 5.97 Å². The van der Waals surface area contributed by atoms with Crippen molar-refractivity contribution in [2.24, 2.45) is 0 Å². The number of anilines is 1. The zero-order valence-corrected chi connectivity index (χ0v) is 13.7. The number of nitro benzene ring substituents is 1. The van der Waals surface area contributed by atoms with Crippen LogP contribution in [0.5, 0.6) is 11.5 Å². The lowest BCUT2D eigenvalue weighted by Crippen LogP contribution is -2.31. The second kappa shape index (κ2) is 6.88. The number of ether oxygens (including phenoxy) is 3. The maximum absolute atomic E-state index is 12.5. The second-order valence-corrected chi connectivity index (χ2v) is 5.40. The van der Waals surface area contributed by atoms with Crippen molar-refractivity contribution in [3.05, 3.63) is 33.5 Å². The Kier molecular flexibility index (Phi) is 4.63. The number of rotatable bonds is 6. The van der Waals surface area contributed by atoms with Crippen molar-refractivity contribution >= 4 is 23.3 Å². The Hall–Kier alpha value is -3.34. The van der Waals surface area contributed by atoms with E-state index in [2.05, 4.69) is 10.1 Å². The molecule has 2 heterocycles. The van der Waals surface area contributed by atoms with E-state index in [0.29, 0.717) is 0 Å². The van der Waals surface area contributed by atoms with E-state index in [1.165, 1.54) is 17.0 Å². The average Bonchev–Trinajstić information content (AvgIpc) is 3.19. The molecule has 1 aromatic carbocycles. The summed E-state index contributed by atoms with van der Waals surface area (Å²) in [6, 6.07) is 2.50. The molecule has 0 aromatic heterocycles. The molecule has 0 fully saturated rings. The van der Waals surface area contributed by atoms with Crippen LogP contribution in [0.2, 0.25) is 0 Å². The molecular formula is C15H15N3O8. The normalized spacial score (nSPS) is 15.5.